The maximum Gasteiger partial charge on any atom is 0.0497 e. The third-order valence-corrected chi connectivity index (χ3v) is 30.8. The first-order chi connectivity index (χ1) is 60.4. The van der Waals surface area contributed by atoms with Crippen LogP contribution in [0.2, 0.25) is 0 Å². The fraction of sp³-hybridized carbons (Fsp3) is 0.590. The van der Waals surface area contributed by atoms with E-state index >= 15 is 0 Å². The number of hydrogen-bond donors (Lipinski definition) is 0. The van der Waals surface area contributed by atoms with Crippen LogP contribution in [-0.2, 0) is 30.2 Å². The SMILES string of the molecule is CCCCCCCCC(CCCCCCCC)Cc1ccc2c(-c3ccc4c(c3)C(CCCCCC)(CCCCCC)c3cc(-c5ccc6c7ccc(C)cc7n(CC(CC)CCCC)c6c5)ccc3-4)c3cc(CC(CCCCCCCC)CCCCCCCC)ccc3c(-c3ccc4c(c3)C(CCCCCC)(CCCCCC)c3cc(C)ccc3-4)c2c1. The fourth-order valence-corrected chi connectivity index (χ4v) is 23.5. The molecule has 0 saturated carbocycles. The molecule has 0 spiro atoms. The second-order valence-corrected chi connectivity index (χ2v) is 40.4. The predicted octanol–water partition coefficient (Wildman–Crippen LogP) is 39.7. The summed E-state index contributed by atoms with van der Waals surface area (Å²) in [5, 5.41) is 8.65. The van der Waals surface area contributed by atoms with E-state index in [9.17, 15) is 0 Å². The fourth-order valence-electron chi connectivity index (χ4n) is 23.5. The van der Waals surface area contributed by atoms with Crippen molar-refractivity contribution >= 4 is 43.4 Å². The first kappa shape index (κ1) is 95.4. The van der Waals surface area contributed by atoms with Crippen LogP contribution in [-0.4, -0.2) is 4.57 Å². The minimum Gasteiger partial charge on any atom is -0.340 e. The predicted molar refractivity (Wildman–Crippen MR) is 547 cm³/mol. The molecule has 0 N–H and O–H groups in total. The molecule has 1 unspecified atom stereocenters. The van der Waals surface area contributed by atoms with Crippen molar-refractivity contribution < 1.29 is 0 Å². The highest BCUT2D eigenvalue weighted by Crippen LogP contribution is 2.59. The molecule has 2 aliphatic rings. The van der Waals surface area contributed by atoms with E-state index in [2.05, 4.69) is 233 Å². The zero-order valence-electron chi connectivity index (χ0n) is 80.9. The molecular formula is C122H173N. The molecule has 0 bridgehead atoms. The number of nitrogens with zero attached hydrogens (tertiary/aromatic N) is 1. The van der Waals surface area contributed by atoms with Gasteiger partial charge >= 0.3 is 0 Å². The molecule has 1 atom stereocenters. The highest BCUT2D eigenvalue weighted by molar-refractivity contribution is 6.22. The average molecular weight is 1650 g/mol. The monoisotopic (exact) mass is 1650 g/mol. The van der Waals surface area contributed by atoms with Crippen molar-refractivity contribution in [2.24, 2.45) is 17.8 Å². The first-order valence-electron chi connectivity index (χ1n) is 53.0. The van der Waals surface area contributed by atoms with Gasteiger partial charge in [0.15, 0.2) is 0 Å². The molecule has 0 saturated heterocycles. The Morgan fingerprint density at radius 2 is 0.528 bits per heavy atom. The van der Waals surface area contributed by atoms with Crippen LogP contribution in [0.5, 0.6) is 0 Å². The number of aryl methyl sites for hydroxylation is 2. The molecule has 1 nitrogen and oxygen atoms in total. The van der Waals surface area contributed by atoms with Gasteiger partial charge < -0.3 is 4.57 Å². The normalized spacial score (nSPS) is 13.6. The summed E-state index contributed by atoms with van der Waals surface area (Å²) in [6, 6.07) is 63.1. The van der Waals surface area contributed by atoms with Crippen molar-refractivity contribution in [1.29, 1.82) is 0 Å². The molecule has 0 amide bonds. The second kappa shape index (κ2) is 49.6. The van der Waals surface area contributed by atoms with Crippen molar-refractivity contribution in [2.75, 3.05) is 0 Å². The van der Waals surface area contributed by atoms with E-state index in [1.165, 1.54) is 444 Å². The van der Waals surface area contributed by atoms with Gasteiger partial charge in [0, 0.05) is 39.2 Å². The maximum absolute atomic E-state index is 2.87. The van der Waals surface area contributed by atoms with E-state index in [0.29, 0.717) is 17.8 Å². The van der Waals surface area contributed by atoms with Crippen molar-refractivity contribution in [2.45, 2.75) is 447 Å². The lowest BCUT2D eigenvalue weighted by Gasteiger charge is -2.34. The van der Waals surface area contributed by atoms with Crippen LogP contribution in [0.15, 0.2) is 146 Å². The van der Waals surface area contributed by atoms with E-state index in [-0.39, 0.29) is 10.8 Å². The summed E-state index contributed by atoms with van der Waals surface area (Å²) in [6.07, 6.45) is 70.7. The van der Waals surface area contributed by atoms with Gasteiger partial charge in [-0.3, -0.25) is 0 Å². The molecule has 1 heteroatoms. The lowest BCUT2D eigenvalue weighted by molar-refractivity contribution is 0.401. The summed E-state index contributed by atoms with van der Waals surface area (Å²) < 4.78 is 2.74. The van der Waals surface area contributed by atoms with Gasteiger partial charge in [0.05, 0.1) is 0 Å². The van der Waals surface area contributed by atoms with Gasteiger partial charge in [-0.2, -0.15) is 0 Å². The van der Waals surface area contributed by atoms with Gasteiger partial charge in [-0.1, -0.05) is 492 Å². The van der Waals surface area contributed by atoms with Crippen molar-refractivity contribution in [1.82, 2.24) is 4.57 Å². The smallest absolute Gasteiger partial charge is 0.0497 e. The van der Waals surface area contributed by atoms with E-state index < -0.39 is 0 Å². The average Bonchev–Trinajstić information content (AvgIpc) is 1.64. The minimum atomic E-state index is -0.131. The van der Waals surface area contributed by atoms with Gasteiger partial charge in [-0.25, -0.2) is 0 Å². The highest BCUT2D eigenvalue weighted by Gasteiger charge is 2.45. The van der Waals surface area contributed by atoms with E-state index in [1.54, 1.807) is 33.4 Å². The molecule has 9 aromatic carbocycles. The summed E-state index contributed by atoms with van der Waals surface area (Å²) in [6.45, 7) is 29.6. The second-order valence-electron chi connectivity index (χ2n) is 40.4. The highest BCUT2D eigenvalue weighted by atomic mass is 15.0. The van der Waals surface area contributed by atoms with Gasteiger partial charge in [0.25, 0.3) is 0 Å². The standard InChI is InChI=1S/C122H173N/c1-13-23-32-40-44-48-57-95(58-49-45-41-33-24-14-2)83-97-64-72-110-111(85-97)119(101-67-74-105-103-69-61-92(11)81-113(103)121(115(105)88-101,77-52-36-27-17-5)78-53-37-28-18-6)109-71-63-98(84-96(59-50-46-42-34-25-15-3)60-51-47-43-35-26-16-4)86-112(109)120(110)102-68-75-106-104-73-65-99(87-114(104)122(116(106)89-102,79-54-38-29-19-7)80-55-39-30-20-8)100-66-76-108-107-70-62-93(12)82-117(107)123(118(108)90-100)91-94(22-10)56-31-21-9/h61-76,81-82,85-90,94-96H,13-60,77-80,83-84,91H2,1-12H3. The van der Waals surface area contributed by atoms with Gasteiger partial charge in [0.1, 0.15) is 0 Å². The molecule has 1 heterocycles. The number of fused-ring (bicyclic) bond motifs is 11. The van der Waals surface area contributed by atoms with Crippen molar-refractivity contribution in [3.63, 3.8) is 0 Å². The summed E-state index contributed by atoms with van der Waals surface area (Å²) in [7, 11) is 0. The summed E-state index contributed by atoms with van der Waals surface area (Å²) in [5.41, 5.74) is 29.5. The van der Waals surface area contributed by atoms with Gasteiger partial charge in [-0.05, 0) is 223 Å². The first-order valence-corrected chi connectivity index (χ1v) is 53.0. The van der Waals surface area contributed by atoms with Crippen LogP contribution in [0.4, 0.5) is 0 Å². The van der Waals surface area contributed by atoms with Crippen molar-refractivity contribution in [3.8, 4) is 55.6 Å². The Morgan fingerprint density at radius 1 is 0.236 bits per heavy atom. The molecule has 123 heavy (non-hydrogen) atoms. The Morgan fingerprint density at radius 3 is 0.927 bits per heavy atom. The summed E-state index contributed by atoms with van der Waals surface area (Å²) >= 11 is 0. The Balaban J connectivity index is 1.10. The minimum absolute atomic E-state index is 0.0259. The molecular weight excluding hydrogens is 1480 g/mol. The molecule has 1 aromatic heterocycles. The Labute approximate surface area is 753 Å². The number of benzene rings is 9. The van der Waals surface area contributed by atoms with E-state index in [0.717, 1.165) is 19.4 Å². The largest absolute Gasteiger partial charge is 0.340 e. The van der Waals surface area contributed by atoms with E-state index in [1.807, 2.05) is 0 Å². The molecule has 12 rings (SSSR count). The zero-order chi connectivity index (χ0) is 86.2. The molecule has 0 aliphatic heterocycles. The molecule has 2 aliphatic carbocycles. The maximum atomic E-state index is 2.87. The van der Waals surface area contributed by atoms with Gasteiger partial charge in [-0.15, -0.1) is 0 Å². The lowest BCUT2D eigenvalue weighted by atomic mass is 9.69. The topological polar surface area (TPSA) is 4.93 Å². The Bertz CT molecular complexity index is 4790. The molecule has 10 aromatic rings. The van der Waals surface area contributed by atoms with Gasteiger partial charge in [0.2, 0.25) is 0 Å². The third-order valence-electron chi connectivity index (χ3n) is 30.8. The van der Waals surface area contributed by atoms with Crippen LogP contribution in [0.1, 0.15) is 448 Å². The van der Waals surface area contributed by atoms with E-state index in [4.69, 9.17) is 0 Å². The number of rotatable bonds is 61. The van der Waals surface area contributed by atoms with Crippen LogP contribution >= 0.6 is 0 Å². The third kappa shape index (κ3) is 24.2. The van der Waals surface area contributed by atoms with Crippen LogP contribution in [0.3, 0.4) is 0 Å². The van der Waals surface area contributed by atoms with Crippen LogP contribution in [0.25, 0.3) is 99.0 Å². The van der Waals surface area contributed by atoms with Crippen molar-refractivity contribution in [3.05, 3.63) is 190 Å². The molecule has 666 valence electrons. The summed E-state index contributed by atoms with van der Waals surface area (Å²) in [5.74, 6) is 2.02. The van der Waals surface area contributed by atoms with Crippen LogP contribution in [0, 0.1) is 31.6 Å². The number of aromatic nitrogens is 1. The Kier molecular flexibility index (Phi) is 38.5. The van der Waals surface area contributed by atoms with Crippen LogP contribution < -0.4 is 0 Å². The quantitative estimate of drug-likeness (QED) is 0.0264. The Hall–Kier alpha value is -6.70. The number of unbranched alkanes of at least 4 members (excludes halogenated alkanes) is 33. The number of hydrogen-bond acceptors (Lipinski definition) is 0. The molecule has 0 fully saturated rings. The molecule has 0 radical (unpaired) electrons. The summed E-state index contributed by atoms with van der Waals surface area (Å²) in [4.78, 5) is 0. The zero-order valence-corrected chi connectivity index (χ0v) is 80.9. The lowest BCUT2D eigenvalue weighted by Crippen LogP contribution is -2.25.